The van der Waals surface area contributed by atoms with Crippen molar-refractivity contribution in [3.05, 3.63) is 28.7 Å². The van der Waals surface area contributed by atoms with Crippen molar-refractivity contribution >= 4 is 11.3 Å². The van der Waals surface area contributed by atoms with E-state index in [9.17, 15) is 0 Å². The molecule has 0 bridgehead atoms. The molecule has 0 unspecified atom stereocenters. The van der Waals surface area contributed by atoms with Crippen molar-refractivity contribution < 1.29 is 4.42 Å². The fourth-order valence-electron chi connectivity index (χ4n) is 1.90. The fraction of sp³-hybridized carbons (Fsp3) is 0.500. The van der Waals surface area contributed by atoms with Crippen LogP contribution < -0.4 is 5.32 Å². The first-order valence-corrected chi connectivity index (χ1v) is 7.31. The average Bonchev–Trinajstić information content (AvgIpc) is 2.95. The molecule has 2 heterocycles. The summed E-state index contributed by atoms with van der Waals surface area (Å²) in [5, 5.41) is 4.52. The van der Waals surface area contributed by atoms with Crippen molar-refractivity contribution in [3.63, 3.8) is 0 Å². The third-order valence-electron chi connectivity index (χ3n) is 2.91. The Morgan fingerprint density at radius 3 is 2.83 bits per heavy atom. The molecule has 1 N–H and O–H groups in total. The van der Waals surface area contributed by atoms with Crippen LogP contribution in [0.3, 0.4) is 0 Å². The Morgan fingerprint density at radius 2 is 2.22 bits per heavy atom. The van der Waals surface area contributed by atoms with Crippen LogP contribution in [0.2, 0.25) is 0 Å². The Kier molecular flexibility index (Phi) is 4.55. The summed E-state index contributed by atoms with van der Waals surface area (Å²) in [6, 6.07) is 2.00. The predicted molar refractivity (Wildman–Crippen MR) is 75.9 cm³/mol. The van der Waals surface area contributed by atoms with Crippen LogP contribution in [0.25, 0.3) is 10.6 Å². The van der Waals surface area contributed by atoms with Gasteiger partial charge in [-0.1, -0.05) is 13.8 Å². The van der Waals surface area contributed by atoms with Gasteiger partial charge in [-0.25, -0.2) is 4.98 Å². The van der Waals surface area contributed by atoms with Gasteiger partial charge >= 0.3 is 0 Å². The molecule has 0 spiro atoms. The fourth-order valence-corrected chi connectivity index (χ4v) is 3.09. The van der Waals surface area contributed by atoms with Gasteiger partial charge in [0.25, 0.3) is 0 Å². The van der Waals surface area contributed by atoms with E-state index in [0.29, 0.717) is 0 Å². The minimum atomic E-state index is 0.922. The maximum Gasteiger partial charge on any atom is 0.127 e. The second kappa shape index (κ2) is 6.16. The van der Waals surface area contributed by atoms with Crippen molar-refractivity contribution in [2.24, 2.45) is 0 Å². The molecule has 2 rings (SSSR count). The van der Waals surface area contributed by atoms with Crippen LogP contribution in [0.5, 0.6) is 0 Å². The summed E-state index contributed by atoms with van der Waals surface area (Å²) in [7, 11) is 0. The summed E-state index contributed by atoms with van der Waals surface area (Å²) < 4.78 is 5.35. The average molecular weight is 264 g/mol. The Hall–Kier alpha value is -1.13. The third-order valence-corrected chi connectivity index (χ3v) is 4.05. The van der Waals surface area contributed by atoms with Gasteiger partial charge in [0, 0.05) is 11.4 Å². The van der Waals surface area contributed by atoms with Crippen LogP contribution in [-0.2, 0) is 13.0 Å². The van der Waals surface area contributed by atoms with Gasteiger partial charge < -0.3 is 9.73 Å². The van der Waals surface area contributed by atoms with Crippen molar-refractivity contribution in [2.75, 3.05) is 6.54 Å². The number of furan rings is 1. The highest BCUT2D eigenvalue weighted by atomic mass is 32.1. The molecule has 98 valence electrons. The first kappa shape index (κ1) is 13.3. The monoisotopic (exact) mass is 264 g/mol. The molecular formula is C14H20N2OS. The minimum absolute atomic E-state index is 0.922. The lowest BCUT2D eigenvalue weighted by atomic mass is 10.2. The highest BCUT2D eigenvalue weighted by Crippen LogP contribution is 2.31. The van der Waals surface area contributed by atoms with E-state index >= 15 is 0 Å². The van der Waals surface area contributed by atoms with E-state index in [2.05, 4.69) is 19.2 Å². The van der Waals surface area contributed by atoms with Gasteiger partial charge in [-0.2, -0.15) is 0 Å². The van der Waals surface area contributed by atoms with Crippen molar-refractivity contribution in [2.45, 2.75) is 40.2 Å². The molecule has 0 aliphatic carbocycles. The van der Waals surface area contributed by atoms with E-state index in [1.165, 1.54) is 10.6 Å². The van der Waals surface area contributed by atoms with Gasteiger partial charge in [-0.15, -0.1) is 11.3 Å². The summed E-state index contributed by atoms with van der Waals surface area (Å²) in [6.07, 6.45) is 3.87. The molecule has 0 radical (unpaired) electrons. The molecule has 0 atom stereocenters. The molecule has 0 aliphatic rings. The molecule has 0 aromatic carbocycles. The van der Waals surface area contributed by atoms with Crippen molar-refractivity contribution in [3.8, 4) is 10.6 Å². The number of aryl methyl sites for hydroxylation is 2. The molecular weight excluding hydrogens is 244 g/mol. The van der Waals surface area contributed by atoms with Gasteiger partial charge in [0.05, 0.1) is 17.5 Å². The lowest BCUT2D eigenvalue weighted by Gasteiger charge is -2.01. The maximum atomic E-state index is 5.35. The number of hydrogen-bond donors (Lipinski definition) is 1. The Labute approximate surface area is 112 Å². The van der Waals surface area contributed by atoms with Gasteiger partial charge in [-0.3, -0.25) is 0 Å². The first-order valence-electron chi connectivity index (χ1n) is 6.50. The lowest BCUT2D eigenvalue weighted by Crippen LogP contribution is -2.13. The number of rotatable bonds is 6. The molecule has 4 heteroatoms. The highest BCUT2D eigenvalue weighted by molar-refractivity contribution is 7.15. The number of thiazole rings is 1. The van der Waals surface area contributed by atoms with E-state index in [0.717, 1.165) is 42.3 Å². The van der Waals surface area contributed by atoms with Crippen LogP contribution in [0.4, 0.5) is 0 Å². The summed E-state index contributed by atoms with van der Waals surface area (Å²) in [5.41, 5.74) is 2.33. The number of hydrogen-bond acceptors (Lipinski definition) is 4. The van der Waals surface area contributed by atoms with E-state index in [-0.39, 0.29) is 0 Å². The standard InChI is InChI=1S/C14H20N2OS/c1-4-7-15-9-13-12(5-2)16-14(18-13)11-6-8-17-10(11)3/h6,8,15H,4-5,7,9H2,1-3H3. The summed E-state index contributed by atoms with van der Waals surface area (Å²) in [5.74, 6) is 0.944. The zero-order chi connectivity index (χ0) is 13.0. The molecule has 18 heavy (non-hydrogen) atoms. The van der Waals surface area contributed by atoms with Crippen LogP contribution in [0.1, 0.15) is 36.6 Å². The molecule has 2 aromatic heterocycles. The number of nitrogens with zero attached hydrogens (tertiary/aromatic N) is 1. The predicted octanol–water partition coefficient (Wildman–Crippen LogP) is 3.77. The van der Waals surface area contributed by atoms with E-state index in [1.807, 2.05) is 13.0 Å². The highest BCUT2D eigenvalue weighted by Gasteiger charge is 2.13. The molecule has 0 amide bonds. The minimum Gasteiger partial charge on any atom is -0.469 e. The summed E-state index contributed by atoms with van der Waals surface area (Å²) in [6.45, 7) is 8.30. The zero-order valence-electron chi connectivity index (χ0n) is 11.2. The molecule has 3 nitrogen and oxygen atoms in total. The van der Waals surface area contributed by atoms with Gasteiger partial charge in [0.1, 0.15) is 10.8 Å². The van der Waals surface area contributed by atoms with Crippen LogP contribution >= 0.6 is 11.3 Å². The number of nitrogens with one attached hydrogen (secondary N) is 1. The van der Waals surface area contributed by atoms with Gasteiger partial charge in [0.2, 0.25) is 0 Å². The van der Waals surface area contributed by atoms with E-state index in [4.69, 9.17) is 9.40 Å². The largest absolute Gasteiger partial charge is 0.469 e. The first-order chi connectivity index (χ1) is 8.76. The molecule has 2 aromatic rings. The van der Waals surface area contributed by atoms with Crippen molar-refractivity contribution in [1.82, 2.24) is 10.3 Å². The molecule has 0 aliphatic heterocycles. The second-order valence-corrected chi connectivity index (χ2v) is 5.39. The van der Waals surface area contributed by atoms with Crippen LogP contribution in [0, 0.1) is 6.92 Å². The van der Waals surface area contributed by atoms with Gasteiger partial charge in [0.15, 0.2) is 0 Å². The summed E-state index contributed by atoms with van der Waals surface area (Å²) >= 11 is 1.77. The summed E-state index contributed by atoms with van der Waals surface area (Å²) in [4.78, 5) is 6.08. The third kappa shape index (κ3) is 2.82. The Balaban J connectivity index is 2.21. The van der Waals surface area contributed by atoms with E-state index < -0.39 is 0 Å². The quantitative estimate of drug-likeness (QED) is 0.807. The Morgan fingerprint density at radius 1 is 1.39 bits per heavy atom. The molecule has 0 saturated heterocycles. The van der Waals surface area contributed by atoms with Gasteiger partial charge in [-0.05, 0) is 32.4 Å². The molecule has 0 saturated carbocycles. The SMILES string of the molecule is CCCNCc1sc(-c2ccoc2C)nc1CC. The normalized spacial score (nSPS) is 11.1. The smallest absolute Gasteiger partial charge is 0.127 e. The topological polar surface area (TPSA) is 38.1 Å². The molecule has 0 fully saturated rings. The Bertz CT molecular complexity index is 502. The van der Waals surface area contributed by atoms with E-state index in [1.54, 1.807) is 17.6 Å². The van der Waals surface area contributed by atoms with Crippen molar-refractivity contribution in [1.29, 1.82) is 0 Å². The zero-order valence-corrected chi connectivity index (χ0v) is 12.1. The lowest BCUT2D eigenvalue weighted by molar-refractivity contribution is 0.535. The number of aromatic nitrogens is 1. The van der Waals surface area contributed by atoms with Crippen LogP contribution in [0.15, 0.2) is 16.7 Å². The van der Waals surface area contributed by atoms with Crippen LogP contribution in [-0.4, -0.2) is 11.5 Å². The second-order valence-electron chi connectivity index (χ2n) is 4.31. The maximum absolute atomic E-state index is 5.35.